The van der Waals surface area contributed by atoms with E-state index < -0.39 is 0 Å². The summed E-state index contributed by atoms with van der Waals surface area (Å²) in [6.07, 6.45) is 10.6. The maximum absolute atomic E-state index is 2.23. The molecule has 0 aliphatic carbocycles. The van der Waals surface area contributed by atoms with E-state index in [9.17, 15) is 0 Å². The van der Waals surface area contributed by atoms with Crippen LogP contribution in [0.25, 0.3) is 6.08 Å². The van der Waals surface area contributed by atoms with Crippen molar-refractivity contribution in [3.8, 4) is 0 Å². The van der Waals surface area contributed by atoms with E-state index in [1.165, 1.54) is 11.4 Å². The van der Waals surface area contributed by atoms with Gasteiger partial charge < -0.3 is 12.4 Å². The number of allylic oxidation sites excluding steroid dienone is 2. The zero-order chi connectivity index (χ0) is 7.97. The molecule has 1 aromatic rings. The molecular weight excluding hydrogens is 184 g/mol. The second-order valence-electron chi connectivity index (χ2n) is 3.09. The largest absolute Gasteiger partial charge is 1.00 e. The summed E-state index contributed by atoms with van der Waals surface area (Å²) in [6, 6.07) is 4.22. The predicted molar refractivity (Wildman–Crippen MR) is 47.9 cm³/mol. The fraction of sp³-hybridized carbons (Fsp3) is 0.100. The molecule has 3 heteroatoms. The second-order valence-corrected chi connectivity index (χ2v) is 3.09. The molecule has 3 heterocycles. The SMILES string of the molecule is C1=CC2=Cc3cccn3C[N+]2=C1.[Cl-]. The second kappa shape index (κ2) is 2.89. The summed E-state index contributed by atoms with van der Waals surface area (Å²) < 4.78 is 4.46. The van der Waals surface area contributed by atoms with Crippen LogP contribution in [0.3, 0.4) is 0 Å². The lowest BCUT2D eigenvalue weighted by molar-refractivity contribution is -0.499. The standard InChI is InChI=1S/C10H9N2.ClH/c1-3-9-7-10-4-2-6-12(10)8-11(9)5-1;/h1-7H,8H2;1H/q+1;/p-1. The van der Waals surface area contributed by atoms with Crippen molar-refractivity contribution in [2.75, 3.05) is 0 Å². The maximum Gasteiger partial charge on any atom is 0.228 e. The number of halogens is 1. The van der Waals surface area contributed by atoms with Gasteiger partial charge in [0.1, 0.15) is 0 Å². The summed E-state index contributed by atoms with van der Waals surface area (Å²) in [5, 5.41) is 0. The lowest BCUT2D eigenvalue weighted by Gasteiger charge is -2.09. The summed E-state index contributed by atoms with van der Waals surface area (Å²) in [4.78, 5) is 0. The van der Waals surface area contributed by atoms with E-state index in [1.807, 2.05) is 0 Å². The average Bonchev–Trinajstić information content (AvgIpc) is 2.64. The van der Waals surface area contributed by atoms with Crippen LogP contribution in [0.4, 0.5) is 0 Å². The van der Waals surface area contributed by atoms with Crippen LogP contribution in [0.1, 0.15) is 5.69 Å². The zero-order valence-electron chi connectivity index (χ0n) is 7.02. The monoisotopic (exact) mass is 192 g/mol. The molecule has 13 heavy (non-hydrogen) atoms. The summed E-state index contributed by atoms with van der Waals surface area (Å²) >= 11 is 0. The van der Waals surface area contributed by atoms with Crippen molar-refractivity contribution in [2.24, 2.45) is 0 Å². The van der Waals surface area contributed by atoms with E-state index in [2.05, 4.69) is 51.9 Å². The van der Waals surface area contributed by atoms with Crippen LogP contribution in [-0.4, -0.2) is 15.4 Å². The Bertz CT molecular complexity index is 424. The molecule has 0 saturated heterocycles. The van der Waals surface area contributed by atoms with Gasteiger partial charge >= 0.3 is 0 Å². The lowest BCUT2D eigenvalue weighted by atomic mass is 10.3. The number of nitrogens with zero attached hydrogens (tertiary/aromatic N) is 2. The summed E-state index contributed by atoms with van der Waals surface area (Å²) in [5.74, 6) is 0. The van der Waals surface area contributed by atoms with Gasteiger partial charge in [0.25, 0.3) is 0 Å². The van der Waals surface area contributed by atoms with Crippen molar-refractivity contribution in [1.29, 1.82) is 0 Å². The molecule has 0 radical (unpaired) electrons. The highest BCUT2D eigenvalue weighted by Crippen LogP contribution is 2.18. The summed E-state index contributed by atoms with van der Waals surface area (Å²) in [5.41, 5.74) is 2.59. The third-order valence-electron chi connectivity index (χ3n) is 2.33. The Morgan fingerprint density at radius 2 is 2.31 bits per heavy atom. The van der Waals surface area contributed by atoms with E-state index in [0.717, 1.165) is 6.67 Å². The van der Waals surface area contributed by atoms with Crippen molar-refractivity contribution >= 4 is 12.3 Å². The van der Waals surface area contributed by atoms with Gasteiger partial charge in [0.2, 0.25) is 12.4 Å². The first-order chi connectivity index (χ1) is 5.93. The predicted octanol–water partition coefficient (Wildman–Crippen LogP) is -1.54. The van der Waals surface area contributed by atoms with Gasteiger partial charge in [-0.1, -0.05) is 0 Å². The minimum atomic E-state index is 0. The quantitative estimate of drug-likeness (QED) is 0.441. The van der Waals surface area contributed by atoms with Crippen LogP contribution in [0, 0.1) is 0 Å². The fourth-order valence-corrected chi connectivity index (χ4v) is 1.69. The Kier molecular flexibility index (Phi) is 1.85. The third kappa shape index (κ3) is 1.14. The van der Waals surface area contributed by atoms with Crippen LogP contribution < -0.4 is 12.4 Å². The van der Waals surface area contributed by atoms with Gasteiger partial charge in [-0.25, -0.2) is 0 Å². The Morgan fingerprint density at radius 3 is 3.23 bits per heavy atom. The van der Waals surface area contributed by atoms with Crippen LogP contribution in [-0.2, 0) is 6.67 Å². The molecule has 0 spiro atoms. The number of hydrogen-bond acceptors (Lipinski definition) is 0. The van der Waals surface area contributed by atoms with Crippen molar-refractivity contribution in [2.45, 2.75) is 6.67 Å². The number of fused-ring (bicyclic) bond motifs is 2. The molecule has 2 nitrogen and oxygen atoms in total. The zero-order valence-corrected chi connectivity index (χ0v) is 7.78. The van der Waals surface area contributed by atoms with Crippen molar-refractivity contribution in [3.05, 3.63) is 41.9 Å². The van der Waals surface area contributed by atoms with E-state index in [-0.39, 0.29) is 12.4 Å². The van der Waals surface area contributed by atoms with E-state index in [0.29, 0.717) is 0 Å². The Hall–Kier alpha value is -1.28. The molecule has 0 saturated carbocycles. The minimum absolute atomic E-state index is 0. The molecule has 66 valence electrons. The molecule has 0 amide bonds. The van der Waals surface area contributed by atoms with Crippen LogP contribution in [0.2, 0.25) is 0 Å². The first-order valence-corrected chi connectivity index (χ1v) is 4.08. The molecule has 0 N–H and O–H groups in total. The summed E-state index contributed by atoms with van der Waals surface area (Å²) in [7, 11) is 0. The fourth-order valence-electron chi connectivity index (χ4n) is 1.69. The molecule has 3 rings (SSSR count). The molecule has 2 aliphatic rings. The molecule has 0 bridgehead atoms. The topological polar surface area (TPSA) is 7.94 Å². The van der Waals surface area contributed by atoms with Gasteiger partial charge in [0.15, 0.2) is 6.21 Å². The first-order valence-electron chi connectivity index (χ1n) is 4.08. The van der Waals surface area contributed by atoms with Gasteiger partial charge in [-0.3, -0.25) is 4.57 Å². The van der Waals surface area contributed by atoms with Crippen molar-refractivity contribution in [3.63, 3.8) is 0 Å². The Morgan fingerprint density at radius 1 is 1.38 bits per heavy atom. The van der Waals surface area contributed by atoms with E-state index in [4.69, 9.17) is 0 Å². The van der Waals surface area contributed by atoms with Gasteiger partial charge in [0.05, 0.1) is 5.69 Å². The van der Waals surface area contributed by atoms with Gasteiger partial charge in [-0.2, -0.15) is 4.58 Å². The van der Waals surface area contributed by atoms with E-state index >= 15 is 0 Å². The molecular formula is C10H9ClN2. The average molecular weight is 193 g/mol. The normalized spacial score (nSPS) is 16.9. The molecule has 0 aromatic carbocycles. The van der Waals surface area contributed by atoms with Gasteiger partial charge in [0, 0.05) is 24.4 Å². The molecule has 0 unspecified atom stereocenters. The van der Waals surface area contributed by atoms with Crippen molar-refractivity contribution in [1.82, 2.24) is 4.57 Å². The highest BCUT2D eigenvalue weighted by atomic mass is 35.5. The molecule has 0 fully saturated rings. The lowest BCUT2D eigenvalue weighted by Crippen LogP contribution is -3.00. The van der Waals surface area contributed by atoms with Gasteiger partial charge in [-0.15, -0.1) is 0 Å². The van der Waals surface area contributed by atoms with Crippen LogP contribution in [0.5, 0.6) is 0 Å². The highest BCUT2D eigenvalue weighted by molar-refractivity contribution is 5.72. The van der Waals surface area contributed by atoms with Crippen LogP contribution in [0.15, 0.2) is 36.2 Å². The first kappa shape index (κ1) is 8.32. The van der Waals surface area contributed by atoms with Gasteiger partial charge in [-0.05, 0) is 12.1 Å². The Balaban J connectivity index is 0.000000653. The maximum atomic E-state index is 2.23. The number of aromatic nitrogens is 1. The number of hydrogen-bond donors (Lipinski definition) is 0. The van der Waals surface area contributed by atoms with Crippen LogP contribution >= 0.6 is 0 Å². The van der Waals surface area contributed by atoms with Crippen molar-refractivity contribution < 1.29 is 17.0 Å². The van der Waals surface area contributed by atoms with E-state index in [1.54, 1.807) is 0 Å². The highest BCUT2D eigenvalue weighted by Gasteiger charge is 2.20. The molecule has 0 atom stereocenters. The molecule has 2 aliphatic heterocycles. The Labute approximate surface area is 82.9 Å². The number of rotatable bonds is 0. The third-order valence-corrected chi connectivity index (χ3v) is 2.33. The molecule has 1 aromatic heterocycles. The smallest absolute Gasteiger partial charge is 0.228 e. The summed E-state index contributed by atoms with van der Waals surface area (Å²) in [6.45, 7) is 0.946. The minimum Gasteiger partial charge on any atom is -1.00 e.